The molecule has 3 N–H and O–H groups in total. The summed E-state index contributed by atoms with van der Waals surface area (Å²) in [5.41, 5.74) is 6.98. The number of rotatable bonds is 6. The van der Waals surface area contributed by atoms with Gasteiger partial charge >= 0.3 is 0 Å². The quantitative estimate of drug-likeness (QED) is 0.771. The molecule has 0 aliphatic heterocycles. The molecule has 1 aromatic carbocycles. The number of nitrogen functional groups attached to an aromatic ring is 1. The Balaban J connectivity index is 2.29. The number of para-hydroxylation sites is 2. The van der Waals surface area contributed by atoms with Crippen LogP contribution in [0.1, 0.15) is 16.2 Å². The smallest absolute Gasteiger partial charge is 0.280 e. The fourth-order valence-electron chi connectivity index (χ4n) is 1.93. The number of nitrogens with zero attached hydrogens (tertiary/aromatic N) is 2. The Morgan fingerprint density at radius 2 is 2.24 bits per heavy atom. The molecule has 21 heavy (non-hydrogen) atoms. The normalized spacial score (nSPS) is 10.6. The third-order valence-corrected chi connectivity index (χ3v) is 2.86. The summed E-state index contributed by atoms with van der Waals surface area (Å²) in [5.74, 6) is 0.0545. The van der Waals surface area contributed by atoms with Crippen molar-refractivity contribution < 1.29 is 19.2 Å². The van der Waals surface area contributed by atoms with Crippen LogP contribution in [0.4, 0.5) is 11.4 Å². The molecule has 0 unspecified atom stereocenters. The number of ether oxygens (including phenoxy) is 1. The second kappa shape index (κ2) is 6.87. The molecule has 0 saturated heterocycles. The number of aliphatic hydroxyl groups is 1. The molecule has 1 aromatic heterocycles. The maximum Gasteiger partial charge on any atom is 0.280 e. The third kappa shape index (κ3) is 3.39. The second-order valence-electron chi connectivity index (χ2n) is 4.35. The van der Waals surface area contributed by atoms with Gasteiger partial charge in [-0.25, -0.2) is 0 Å². The van der Waals surface area contributed by atoms with Crippen LogP contribution in [0.2, 0.25) is 0 Å². The number of nitrogens with two attached hydrogens (primary N) is 1. The standard InChI is InChI=1S/C14H17N3O4/c1-20-9-10-8-12(16-21-10)14(19)17(6-7-18)13-5-3-2-4-11(13)15/h2-5,8,18H,6-7,9,15H2,1H3. The summed E-state index contributed by atoms with van der Waals surface area (Å²) < 4.78 is 9.92. The van der Waals surface area contributed by atoms with E-state index >= 15 is 0 Å². The first-order chi connectivity index (χ1) is 10.2. The van der Waals surface area contributed by atoms with Gasteiger partial charge in [0.2, 0.25) is 0 Å². The molecule has 0 aliphatic carbocycles. The van der Waals surface area contributed by atoms with Crippen LogP contribution in [0.15, 0.2) is 34.9 Å². The summed E-state index contributed by atoms with van der Waals surface area (Å²) in [6.07, 6.45) is 0. The number of methoxy groups -OCH3 is 1. The Hall–Kier alpha value is -2.38. The molecule has 2 aromatic rings. The number of benzene rings is 1. The van der Waals surface area contributed by atoms with Crippen LogP contribution in [-0.4, -0.2) is 36.4 Å². The van der Waals surface area contributed by atoms with Crippen LogP contribution < -0.4 is 10.6 Å². The van der Waals surface area contributed by atoms with Gasteiger partial charge in [-0.05, 0) is 12.1 Å². The van der Waals surface area contributed by atoms with Crippen LogP contribution in [0.5, 0.6) is 0 Å². The first kappa shape index (κ1) is 15.0. The zero-order valence-electron chi connectivity index (χ0n) is 11.7. The molecule has 7 nitrogen and oxygen atoms in total. The van der Waals surface area contributed by atoms with E-state index in [4.69, 9.17) is 15.0 Å². The third-order valence-electron chi connectivity index (χ3n) is 2.86. The number of hydrogen-bond donors (Lipinski definition) is 2. The fraction of sp³-hybridized carbons (Fsp3) is 0.286. The minimum Gasteiger partial charge on any atom is -0.397 e. The molecule has 1 heterocycles. The summed E-state index contributed by atoms with van der Waals surface area (Å²) >= 11 is 0. The molecule has 0 aliphatic rings. The van der Waals surface area contributed by atoms with E-state index in [1.165, 1.54) is 18.1 Å². The molecule has 7 heteroatoms. The van der Waals surface area contributed by atoms with E-state index < -0.39 is 5.91 Å². The Labute approximate surface area is 121 Å². The Morgan fingerprint density at radius 3 is 2.90 bits per heavy atom. The number of aromatic nitrogens is 1. The van der Waals surface area contributed by atoms with E-state index in [2.05, 4.69) is 5.16 Å². The highest BCUT2D eigenvalue weighted by Gasteiger charge is 2.22. The molecule has 0 saturated carbocycles. The van der Waals surface area contributed by atoms with Crippen molar-refractivity contribution in [1.29, 1.82) is 0 Å². The summed E-state index contributed by atoms with van der Waals surface area (Å²) in [7, 11) is 1.52. The predicted molar refractivity (Wildman–Crippen MR) is 76.8 cm³/mol. The van der Waals surface area contributed by atoms with Gasteiger partial charge in [-0.1, -0.05) is 17.3 Å². The topological polar surface area (TPSA) is 102 Å². The van der Waals surface area contributed by atoms with E-state index in [0.29, 0.717) is 17.1 Å². The van der Waals surface area contributed by atoms with Crippen molar-refractivity contribution in [1.82, 2.24) is 5.16 Å². The molecular formula is C14H17N3O4. The zero-order chi connectivity index (χ0) is 15.2. The Bertz CT molecular complexity index is 612. The van der Waals surface area contributed by atoms with E-state index in [1.807, 2.05) is 0 Å². The van der Waals surface area contributed by atoms with Crippen molar-refractivity contribution in [2.45, 2.75) is 6.61 Å². The summed E-state index contributed by atoms with van der Waals surface area (Å²) in [6.45, 7) is 0.149. The van der Waals surface area contributed by atoms with Crippen LogP contribution in [-0.2, 0) is 11.3 Å². The molecule has 0 fully saturated rings. The SMILES string of the molecule is COCc1cc(C(=O)N(CCO)c2ccccc2N)no1. The van der Waals surface area contributed by atoms with Gasteiger partial charge < -0.3 is 25.0 Å². The van der Waals surface area contributed by atoms with Crippen molar-refractivity contribution in [3.8, 4) is 0 Å². The van der Waals surface area contributed by atoms with Crippen molar-refractivity contribution in [2.24, 2.45) is 0 Å². The average molecular weight is 291 g/mol. The highest BCUT2D eigenvalue weighted by Crippen LogP contribution is 2.24. The molecule has 1 amide bonds. The van der Waals surface area contributed by atoms with Crippen molar-refractivity contribution >= 4 is 17.3 Å². The first-order valence-electron chi connectivity index (χ1n) is 6.39. The van der Waals surface area contributed by atoms with Crippen LogP contribution in [0, 0.1) is 0 Å². The van der Waals surface area contributed by atoms with Gasteiger partial charge in [-0.2, -0.15) is 0 Å². The highest BCUT2D eigenvalue weighted by atomic mass is 16.5. The number of hydrogen-bond acceptors (Lipinski definition) is 6. The maximum absolute atomic E-state index is 12.5. The number of carbonyl (C=O) groups is 1. The van der Waals surface area contributed by atoms with E-state index in [9.17, 15) is 9.90 Å². The Morgan fingerprint density at radius 1 is 1.48 bits per heavy atom. The van der Waals surface area contributed by atoms with Gasteiger partial charge in [-0.3, -0.25) is 4.79 Å². The lowest BCUT2D eigenvalue weighted by Gasteiger charge is -2.22. The lowest BCUT2D eigenvalue weighted by atomic mass is 10.2. The lowest BCUT2D eigenvalue weighted by Crippen LogP contribution is -2.34. The van der Waals surface area contributed by atoms with Crippen LogP contribution in [0.3, 0.4) is 0 Å². The van der Waals surface area contributed by atoms with Gasteiger partial charge in [0, 0.05) is 19.7 Å². The average Bonchev–Trinajstić information content (AvgIpc) is 2.94. The van der Waals surface area contributed by atoms with E-state index in [-0.39, 0.29) is 25.5 Å². The Kier molecular flexibility index (Phi) is 4.91. The van der Waals surface area contributed by atoms with Crippen LogP contribution >= 0.6 is 0 Å². The molecule has 0 radical (unpaired) electrons. The highest BCUT2D eigenvalue weighted by molar-refractivity contribution is 6.06. The number of amides is 1. The van der Waals surface area contributed by atoms with Crippen LogP contribution in [0.25, 0.3) is 0 Å². The summed E-state index contributed by atoms with van der Waals surface area (Å²) in [6, 6.07) is 8.44. The number of carbonyl (C=O) groups excluding carboxylic acids is 1. The monoisotopic (exact) mass is 291 g/mol. The summed E-state index contributed by atoms with van der Waals surface area (Å²) in [5, 5.41) is 12.9. The van der Waals surface area contributed by atoms with Gasteiger partial charge in [0.05, 0.1) is 18.0 Å². The molecular weight excluding hydrogens is 274 g/mol. The lowest BCUT2D eigenvalue weighted by molar-refractivity contribution is 0.0971. The van der Waals surface area contributed by atoms with Gasteiger partial charge in [0.25, 0.3) is 5.91 Å². The molecule has 0 bridgehead atoms. The number of aliphatic hydroxyl groups excluding tert-OH is 1. The minimum absolute atomic E-state index is 0.111. The largest absolute Gasteiger partial charge is 0.397 e. The van der Waals surface area contributed by atoms with Crippen molar-refractivity contribution in [3.63, 3.8) is 0 Å². The molecule has 112 valence electrons. The minimum atomic E-state index is -0.395. The first-order valence-corrected chi connectivity index (χ1v) is 6.39. The van der Waals surface area contributed by atoms with E-state index in [1.54, 1.807) is 24.3 Å². The van der Waals surface area contributed by atoms with Gasteiger partial charge in [0.15, 0.2) is 11.5 Å². The van der Waals surface area contributed by atoms with Gasteiger partial charge in [-0.15, -0.1) is 0 Å². The van der Waals surface area contributed by atoms with Gasteiger partial charge in [0.1, 0.15) is 6.61 Å². The summed E-state index contributed by atoms with van der Waals surface area (Å²) in [4.78, 5) is 13.9. The van der Waals surface area contributed by atoms with Crippen molar-refractivity contribution in [3.05, 3.63) is 41.8 Å². The van der Waals surface area contributed by atoms with Crippen molar-refractivity contribution in [2.75, 3.05) is 30.9 Å². The zero-order valence-corrected chi connectivity index (χ0v) is 11.7. The molecule has 0 atom stereocenters. The molecule has 0 spiro atoms. The number of anilines is 2. The van der Waals surface area contributed by atoms with E-state index in [0.717, 1.165) is 0 Å². The maximum atomic E-state index is 12.5. The predicted octanol–water partition coefficient (Wildman–Crippen LogP) is 1.04. The fourth-order valence-corrected chi connectivity index (χ4v) is 1.93. The second-order valence-corrected chi connectivity index (χ2v) is 4.35. The molecule has 2 rings (SSSR count).